The van der Waals surface area contributed by atoms with E-state index < -0.39 is 34.5 Å². The van der Waals surface area contributed by atoms with Gasteiger partial charge in [0.2, 0.25) is 0 Å². The van der Waals surface area contributed by atoms with Gasteiger partial charge in [0.15, 0.2) is 0 Å². The molecule has 0 aliphatic carbocycles. The molecule has 2 N–H and O–H groups in total. The molecular formula is C16H13F2NO3. The normalized spacial score (nSPS) is 16.2. The van der Waals surface area contributed by atoms with Crippen LogP contribution in [0.15, 0.2) is 42.5 Å². The van der Waals surface area contributed by atoms with Crippen molar-refractivity contribution < 1.29 is 23.8 Å². The monoisotopic (exact) mass is 305 g/mol. The summed E-state index contributed by atoms with van der Waals surface area (Å²) in [5, 5.41) is 20.0. The quantitative estimate of drug-likeness (QED) is 0.892. The number of aliphatic hydroxyl groups is 1. The minimum Gasteiger partial charge on any atom is -0.507 e. The van der Waals surface area contributed by atoms with E-state index in [1.165, 1.54) is 41.3 Å². The Kier molecular flexibility index (Phi) is 3.33. The fraction of sp³-hybridized carbons (Fsp3) is 0.188. The second kappa shape index (κ2) is 5.06. The number of aromatic hydroxyl groups is 1. The highest BCUT2D eigenvalue weighted by molar-refractivity contribution is 5.97. The summed E-state index contributed by atoms with van der Waals surface area (Å²) in [6.45, 7) is -0.101. The molecule has 6 heteroatoms. The maximum absolute atomic E-state index is 13.7. The Morgan fingerprint density at radius 1 is 1.09 bits per heavy atom. The van der Waals surface area contributed by atoms with Crippen molar-refractivity contribution in [2.75, 3.05) is 13.1 Å². The number of phenolic OH excluding ortho intramolecular Hbond substituents is 1. The van der Waals surface area contributed by atoms with Crippen molar-refractivity contribution in [1.29, 1.82) is 0 Å². The summed E-state index contributed by atoms with van der Waals surface area (Å²) in [4.78, 5) is 13.4. The van der Waals surface area contributed by atoms with E-state index in [1.807, 2.05) is 0 Å². The van der Waals surface area contributed by atoms with Gasteiger partial charge < -0.3 is 15.1 Å². The van der Waals surface area contributed by atoms with E-state index in [4.69, 9.17) is 0 Å². The standard InChI is InChI=1S/C16H13F2NO3/c17-11-6-4-10(5-7-11)16(22)8-19(9-16)15(21)14-12(18)2-1-3-13(14)20/h1-7,20,22H,8-9H2. The zero-order valence-electron chi connectivity index (χ0n) is 11.5. The number of carbonyl (C=O) groups excluding carboxylic acids is 1. The first-order valence-electron chi connectivity index (χ1n) is 6.66. The number of hydrogen-bond acceptors (Lipinski definition) is 3. The lowest BCUT2D eigenvalue weighted by atomic mass is 9.85. The molecule has 114 valence electrons. The molecule has 0 atom stereocenters. The first-order chi connectivity index (χ1) is 10.4. The summed E-state index contributed by atoms with van der Waals surface area (Å²) < 4.78 is 26.6. The molecule has 1 amide bonds. The van der Waals surface area contributed by atoms with Crippen LogP contribution in [-0.4, -0.2) is 34.1 Å². The fourth-order valence-corrected chi connectivity index (χ4v) is 2.55. The molecule has 0 unspecified atom stereocenters. The first-order valence-corrected chi connectivity index (χ1v) is 6.66. The fourth-order valence-electron chi connectivity index (χ4n) is 2.55. The Morgan fingerprint density at radius 2 is 1.73 bits per heavy atom. The van der Waals surface area contributed by atoms with Crippen LogP contribution in [0.4, 0.5) is 8.78 Å². The second-order valence-electron chi connectivity index (χ2n) is 5.33. The van der Waals surface area contributed by atoms with Crippen molar-refractivity contribution in [2.45, 2.75) is 5.60 Å². The molecule has 2 aromatic carbocycles. The summed E-state index contributed by atoms with van der Waals surface area (Å²) >= 11 is 0. The summed E-state index contributed by atoms with van der Waals surface area (Å²) in [5.74, 6) is -2.37. The van der Waals surface area contributed by atoms with Crippen LogP contribution in [-0.2, 0) is 5.60 Å². The summed E-state index contributed by atoms with van der Waals surface area (Å²) in [5.41, 5.74) is -1.22. The van der Waals surface area contributed by atoms with E-state index in [2.05, 4.69) is 0 Å². The number of benzene rings is 2. The minimum atomic E-state index is -1.29. The molecular weight excluding hydrogens is 292 g/mol. The number of hydrogen-bond donors (Lipinski definition) is 2. The SMILES string of the molecule is O=C(c1c(O)cccc1F)N1CC(O)(c2ccc(F)cc2)C1. The average molecular weight is 305 g/mol. The molecule has 0 radical (unpaired) electrons. The van der Waals surface area contributed by atoms with Crippen LogP contribution in [0.1, 0.15) is 15.9 Å². The number of rotatable bonds is 2. The molecule has 1 aliphatic heterocycles. The van der Waals surface area contributed by atoms with Crippen LogP contribution in [0.2, 0.25) is 0 Å². The number of amides is 1. The summed E-state index contributed by atoms with van der Waals surface area (Å²) in [7, 11) is 0. The van der Waals surface area contributed by atoms with Gasteiger partial charge in [-0.05, 0) is 29.8 Å². The van der Waals surface area contributed by atoms with E-state index in [-0.39, 0.29) is 13.1 Å². The maximum atomic E-state index is 13.7. The smallest absolute Gasteiger partial charge is 0.260 e. The molecule has 1 saturated heterocycles. The Balaban J connectivity index is 1.78. The van der Waals surface area contributed by atoms with Gasteiger partial charge in [0.05, 0.1) is 13.1 Å². The van der Waals surface area contributed by atoms with Crippen molar-refractivity contribution in [3.63, 3.8) is 0 Å². The number of halogens is 2. The van der Waals surface area contributed by atoms with E-state index in [1.54, 1.807) is 0 Å². The van der Waals surface area contributed by atoms with Gasteiger partial charge in [-0.1, -0.05) is 18.2 Å². The zero-order valence-corrected chi connectivity index (χ0v) is 11.5. The third kappa shape index (κ3) is 2.31. The number of likely N-dealkylation sites (tertiary alicyclic amines) is 1. The van der Waals surface area contributed by atoms with Gasteiger partial charge in [-0.15, -0.1) is 0 Å². The minimum absolute atomic E-state index is 0.0504. The van der Waals surface area contributed by atoms with Crippen molar-refractivity contribution in [2.24, 2.45) is 0 Å². The van der Waals surface area contributed by atoms with Crippen LogP contribution in [0.25, 0.3) is 0 Å². The van der Waals surface area contributed by atoms with Crippen LogP contribution in [0.5, 0.6) is 5.75 Å². The lowest BCUT2D eigenvalue weighted by molar-refractivity contribution is -0.0865. The van der Waals surface area contributed by atoms with Crippen LogP contribution >= 0.6 is 0 Å². The highest BCUT2D eigenvalue weighted by Crippen LogP contribution is 2.34. The van der Waals surface area contributed by atoms with Gasteiger partial charge in [-0.25, -0.2) is 8.78 Å². The zero-order chi connectivity index (χ0) is 15.9. The molecule has 1 fully saturated rings. The van der Waals surface area contributed by atoms with Crippen molar-refractivity contribution in [3.05, 3.63) is 65.2 Å². The Morgan fingerprint density at radius 3 is 2.32 bits per heavy atom. The van der Waals surface area contributed by atoms with Gasteiger partial charge in [0.1, 0.15) is 28.5 Å². The molecule has 1 heterocycles. The maximum Gasteiger partial charge on any atom is 0.260 e. The van der Waals surface area contributed by atoms with Crippen LogP contribution in [0, 0.1) is 11.6 Å². The predicted molar refractivity (Wildman–Crippen MR) is 74.3 cm³/mol. The van der Waals surface area contributed by atoms with Gasteiger partial charge in [0, 0.05) is 0 Å². The van der Waals surface area contributed by atoms with Crippen molar-refractivity contribution >= 4 is 5.91 Å². The lowest BCUT2D eigenvalue weighted by Crippen LogP contribution is -2.61. The van der Waals surface area contributed by atoms with E-state index in [9.17, 15) is 23.8 Å². The molecule has 1 aliphatic rings. The highest BCUT2D eigenvalue weighted by Gasteiger charge is 2.46. The molecule has 0 saturated carbocycles. The van der Waals surface area contributed by atoms with Gasteiger partial charge >= 0.3 is 0 Å². The third-order valence-electron chi connectivity index (χ3n) is 3.78. The van der Waals surface area contributed by atoms with Crippen LogP contribution < -0.4 is 0 Å². The Hall–Kier alpha value is -2.47. The van der Waals surface area contributed by atoms with E-state index in [0.29, 0.717) is 5.56 Å². The second-order valence-corrected chi connectivity index (χ2v) is 5.33. The van der Waals surface area contributed by atoms with E-state index in [0.717, 1.165) is 6.07 Å². The molecule has 0 spiro atoms. The van der Waals surface area contributed by atoms with Crippen molar-refractivity contribution in [3.8, 4) is 5.75 Å². The summed E-state index contributed by atoms with van der Waals surface area (Å²) in [6, 6.07) is 8.93. The number of nitrogens with zero attached hydrogens (tertiary/aromatic N) is 1. The van der Waals surface area contributed by atoms with E-state index >= 15 is 0 Å². The average Bonchev–Trinajstić information content (AvgIpc) is 2.44. The molecule has 4 nitrogen and oxygen atoms in total. The number of β-amino-alcohol motifs (C(OH)–C–C–N with tert-alkyl or cyclic N) is 1. The Bertz CT molecular complexity index is 704. The highest BCUT2D eigenvalue weighted by atomic mass is 19.1. The first kappa shape index (κ1) is 14.5. The van der Waals surface area contributed by atoms with Crippen molar-refractivity contribution in [1.82, 2.24) is 4.90 Å². The molecule has 0 bridgehead atoms. The number of carbonyl (C=O) groups is 1. The molecule has 2 aromatic rings. The summed E-state index contributed by atoms with van der Waals surface area (Å²) in [6.07, 6.45) is 0. The van der Waals surface area contributed by atoms with Gasteiger partial charge in [-0.3, -0.25) is 4.79 Å². The number of phenols is 1. The largest absolute Gasteiger partial charge is 0.507 e. The Labute approximate surface area is 125 Å². The van der Waals surface area contributed by atoms with Gasteiger partial charge in [0.25, 0.3) is 5.91 Å². The topological polar surface area (TPSA) is 60.8 Å². The third-order valence-corrected chi connectivity index (χ3v) is 3.78. The molecule has 0 aromatic heterocycles. The molecule has 3 rings (SSSR count). The van der Waals surface area contributed by atoms with Gasteiger partial charge in [-0.2, -0.15) is 0 Å². The predicted octanol–water partition coefficient (Wildman–Crippen LogP) is 2.01. The molecule has 22 heavy (non-hydrogen) atoms. The lowest BCUT2D eigenvalue weighted by Gasteiger charge is -2.46. The van der Waals surface area contributed by atoms with Crippen LogP contribution in [0.3, 0.4) is 0 Å².